The monoisotopic (exact) mass is 684 g/mol. The largest absolute Gasteiger partial charge is 0.487 e. The highest BCUT2D eigenvalue weighted by atomic mass is 16.6. The van der Waals surface area contributed by atoms with Gasteiger partial charge in [-0.2, -0.15) is 10.5 Å². The molecule has 0 amide bonds. The summed E-state index contributed by atoms with van der Waals surface area (Å²) in [5.74, 6) is 1.76. The number of hydrogen-bond donors (Lipinski definition) is 0. The smallest absolute Gasteiger partial charge is 0.163 e. The Labute approximate surface area is 289 Å². The van der Waals surface area contributed by atoms with E-state index in [1.807, 2.05) is 28.2 Å². The fourth-order valence-corrected chi connectivity index (χ4v) is 3.73. The SMILES string of the molecule is COCCOc1cc(C#N)c(N=CN(C)C)cc1OCCOCCOCCOCCOc1cc(N=CN(C)C)c(C#N)cc1OCCOC. The van der Waals surface area contributed by atoms with Gasteiger partial charge in [0, 0.05) is 66.7 Å². The molecule has 0 heterocycles. The molecule has 2 aromatic rings. The molecule has 0 spiro atoms. The first kappa shape index (κ1) is 40.5. The Hall–Kier alpha value is -4.64. The van der Waals surface area contributed by atoms with Crippen LogP contribution in [0.25, 0.3) is 0 Å². The molecule has 0 N–H and O–H groups in total. The first-order valence-corrected chi connectivity index (χ1v) is 15.6. The molecule has 2 aromatic carbocycles. The molecule has 0 unspecified atom stereocenters. The molecule has 268 valence electrons. The van der Waals surface area contributed by atoms with E-state index in [9.17, 15) is 10.5 Å². The van der Waals surface area contributed by atoms with Crippen molar-refractivity contribution in [1.82, 2.24) is 9.80 Å². The van der Waals surface area contributed by atoms with Crippen molar-refractivity contribution in [2.45, 2.75) is 0 Å². The van der Waals surface area contributed by atoms with Crippen molar-refractivity contribution in [3.63, 3.8) is 0 Å². The number of nitriles is 2. The fraction of sp³-hybridized carbons (Fsp3) is 0.529. The molecular weight excluding hydrogens is 636 g/mol. The molecule has 0 saturated carbocycles. The molecule has 15 nitrogen and oxygen atoms in total. The number of methoxy groups -OCH3 is 2. The lowest BCUT2D eigenvalue weighted by molar-refractivity contribution is 0.00469. The van der Waals surface area contributed by atoms with E-state index in [-0.39, 0.29) is 13.2 Å². The molecule has 0 aliphatic heterocycles. The number of rotatable bonds is 26. The minimum absolute atomic E-state index is 0.258. The molecule has 49 heavy (non-hydrogen) atoms. The summed E-state index contributed by atoms with van der Waals surface area (Å²) in [7, 11) is 10.5. The van der Waals surface area contributed by atoms with Crippen molar-refractivity contribution < 1.29 is 42.6 Å². The number of nitrogens with zero attached hydrogens (tertiary/aromatic N) is 6. The Bertz CT molecular complexity index is 1290. The zero-order valence-electron chi connectivity index (χ0n) is 29.3. The Balaban J connectivity index is 1.72. The summed E-state index contributed by atoms with van der Waals surface area (Å²) in [4.78, 5) is 12.3. The van der Waals surface area contributed by atoms with Gasteiger partial charge in [-0.05, 0) is 0 Å². The maximum atomic E-state index is 9.57. The molecule has 0 fully saturated rings. The van der Waals surface area contributed by atoms with Crippen LogP contribution in [0.1, 0.15) is 11.1 Å². The van der Waals surface area contributed by atoms with Gasteiger partial charge < -0.3 is 52.4 Å². The zero-order chi connectivity index (χ0) is 35.7. The molecule has 15 heteroatoms. The second-order valence-corrected chi connectivity index (χ2v) is 10.5. The third-order valence-corrected chi connectivity index (χ3v) is 6.03. The normalized spacial score (nSPS) is 11.0. The summed E-state index contributed by atoms with van der Waals surface area (Å²) in [6, 6.07) is 10.9. The van der Waals surface area contributed by atoms with Crippen molar-refractivity contribution >= 4 is 24.1 Å². The summed E-state index contributed by atoms with van der Waals surface area (Å²) < 4.78 is 50.3. The maximum Gasteiger partial charge on any atom is 0.163 e. The summed E-state index contributed by atoms with van der Waals surface area (Å²) in [6.45, 7) is 4.06. The molecule has 0 saturated heterocycles. The Morgan fingerprint density at radius 2 is 0.816 bits per heavy atom. The average Bonchev–Trinajstić information content (AvgIpc) is 3.09. The molecule has 0 bridgehead atoms. The summed E-state index contributed by atoms with van der Waals surface area (Å²) in [6.07, 6.45) is 3.22. The van der Waals surface area contributed by atoms with Crippen LogP contribution in [0.15, 0.2) is 34.3 Å². The van der Waals surface area contributed by atoms with Crippen LogP contribution in [0, 0.1) is 22.7 Å². The number of ether oxygens (including phenoxy) is 9. The first-order valence-electron chi connectivity index (χ1n) is 15.6. The van der Waals surface area contributed by atoms with E-state index in [0.29, 0.717) is 112 Å². The summed E-state index contributed by atoms with van der Waals surface area (Å²) >= 11 is 0. The van der Waals surface area contributed by atoms with Crippen molar-refractivity contribution in [2.75, 3.05) is 122 Å². The van der Waals surface area contributed by atoms with Gasteiger partial charge >= 0.3 is 0 Å². The van der Waals surface area contributed by atoms with Crippen LogP contribution >= 0.6 is 0 Å². The zero-order valence-corrected chi connectivity index (χ0v) is 29.3. The van der Waals surface area contributed by atoms with Gasteiger partial charge in [0.2, 0.25) is 0 Å². The molecule has 0 atom stereocenters. The van der Waals surface area contributed by atoms with Gasteiger partial charge in [0.05, 0.1) is 88.0 Å². The van der Waals surface area contributed by atoms with Gasteiger partial charge in [-0.15, -0.1) is 0 Å². The van der Waals surface area contributed by atoms with E-state index in [4.69, 9.17) is 42.6 Å². The number of benzene rings is 2. The minimum Gasteiger partial charge on any atom is -0.487 e. The number of aliphatic imine (C=N–C) groups is 2. The van der Waals surface area contributed by atoms with Crippen molar-refractivity contribution in [3.8, 4) is 35.1 Å². The quantitative estimate of drug-likeness (QED) is 0.0806. The lowest BCUT2D eigenvalue weighted by Gasteiger charge is -2.15. The molecular formula is C34H48N6O9. The van der Waals surface area contributed by atoms with Crippen LogP contribution in [-0.2, 0) is 23.7 Å². The highest BCUT2D eigenvalue weighted by molar-refractivity contribution is 5.69. The van der Waals surface area contributed by atoms with E-state index >= 15 is 0 Å². The Kier molecular flexibility index (Phi) is 20.3. The Morgan fingerprint density at radius 1 is 0.510 bits per heavy atom. The second kappa shape index (κ2) is 24.5. The topological polar surface area (TPSA) is 162 Å². The molecule has 0 aliphatic carbocycles. The van der Waals surface area contributed by atoms with E-state index < -0.39 is 0 Å². The predicted octanol–water partition coefficient (Wildman–Crippen LogP) is 3.43. The molecule has 0 radical (unpaired) electrons. The van der Waals surface area contributed by atoms with Gasteiger partial charge in [0.1, 0.15) is 38.6 Å². The minimum atomic E-state index is 0.258. The highest BCUT2D eigenvalue weighted by Crippen LogP contribution is 2.36. The van der Waals surface area contributed by atoms with Crippen LogP contribution in [0.2, 0.25) is 0 Å². The number of hydrogen-bond acceptors (Lipinski definition) is 13. The second-order valence-electron chi connectivity index (χ2n) is 10.5. The van der Waals surface area contributed by atoms with Crippen molar-refractivity contribution in [1.29, 1.82) is 10.5 Å². The van der Waals surface area contributed by atoms with Gasteiger partial charge in [-0.1, -0.05) is 0 Å². The van der Waals surface area contributed by atoms with Gasteiger partial charge in [-0.3, -0.25) is 0 Å². The van der Waals surface area contributed by atoms with Gasteiger partial charge in [-0.25, -0.2) is 9.98 Å². The third-order valence-electron chi connectivity index (χ3n) is 6.03. The van der Waals surface area contributed by atoms with Crippen LogP contribution in [-0.4, -0.2) is 144 Å². The van der Waals surface area contributed by atoms with E-state index in [2.05, 4.69) is 22.1 Å². The fourth-order valence-electron chi connectivity index (χ4n) is 3.73. The standard InChI is InChI=1S/C34H48N6O9/c1-39(2)25-37-29-21-33(31(19-27(29)23-35)46-15-7-41-5)48-17-13-44-11-9-43-10-12-45-14-18-49-34-22-30(38-26-40(3)4)28(24-36)20-32(34)47-16-8-42-6/h19-22,25-26H,7-18H2,1-6H3. The van der Waals surface area contributed by atoms with E-state index in [1.54, 1.807) is 61.0 Å². The predicted molar refractivity (Wildman–Crippen MR) is 184 cm³/mol. The van der Waals surface area contributed by atoms with E-state index in [0.717, 1.165) is 0 Å². The summed E-state index contributed by atoms with van der Waals surface area (Å²) in [5, 5.41) is 19.1. The highest BCUT2D eigenvalue weighted by Gasteiger charge is 2.14. The molecule has 2 rings (SSSR count). The van der Waals surface area contributed by atoms with Gasteiger partial charge in [0.15, 0.2) is 23.0 Å². The Morgan fingerprint density at radius 3 is 1.12 bits per heavy atom. The lowest BCUT2D eigenvalue weighted by Crippen LogP contribution is -2.15. The lowest BCUT2D eigenvalue weighted by atomic mass is 10.1. The van der Waals surface area contributed by atoms with E-state index in [1.165, 1.54) is 0 Å². The average molecular weight is 685 g/mol. The van der Waals surface area contributed by atoms with Crippen LogP contribution in [0.4, 0.5) is 11.4 Å². The van der Waals surface area contributed by atoms with Crippen LogP contribution in [0.5, 0.6) is 23.0 Å². The first-order chi connectivity index (χ1) is 23.8. The van der Waals surface area contributed by atoms with Crippen LogP contribution < -0.4 is 18.9 Å². The molecule has 0 aromatic heterocycles. The molecule has 0 aliphatic rings. The third kappa shape index (κ3) is 16.3. The van der Waals surface area contributed by atoms with Crippen molar-refractivity contribution in [2.24, 2.45) is 9.98 Å². The van der Waals surface area contributed by atoms with Crippen LogP contribution in [0.3, 0.4) is 0 Å². The van der Waals surface area contributed by atoms with Gasteiger partial charge in [0.25, 0.3) is 0 Å². The maximum absolute atomic E-state index is 9.57. The van der Waals surface area contributed by atoms with Crippen molar-refractivity contribution in [3.05, 3.63) is 35.4 Å². The summed E-state index contributed by atoms with van der Waals surface area (Å²) in [5.41, 5.74) is 1.68.